The van der Waals surface area contributed by atoms with E-state index in [2.05, 4.69) is 215 Å². The van der Waals surface area contributed by atoms with Gasteiger partial charge in [-0.25, -0.2) is 9.97 Å². The minimum absolute atomic E-state index is 0.208. The molecule has 306 valence electrons. The average molecular weight is 814 g/mol. The van der Waals surface area contributed by atoms with Crippen molar-refractivity contribution in [3.05, 3.63) is 229 Å². The largest absolute Gasteiger partial charge is 0.255 e. The van der Waals surface area contributed by atoms with Gasteiger partial charge < -0.3 is 0 Å². The van der Waals surface area contributed by atoms with E-state index >= 15 is 0 Å². The molecule has 0 saturated heterocycles. The number of hydrogen-bond acceptors (Lipinski definition) is 3. The fraction of sp³-hybridized carbons (Fsp3) is 0.117. The van der Waals surface area contributed by atoms with Crippen molar-refractivity contribution in [3.8, 4) is 55.9 Å². The Morgan fingerprint density at radius 1 is 0.508 bits per heavy atom. The van der Waals surface area contributed by atoms with Crippen molar-refractivity contribution in [3.63, 3.8) is 0 Å². The van der Waals surface area contributed by atoms with Crippen LogP contribution in [0, 0.1) is 0 Å². The highest BCUT2D eigenvalue weighted by Gasteiger charge is 2.24. The molecule has 0 aliphatic carbocycles. The molecule has 3 heteroatoms. The standard InChI is InChI=1S/C60H51N3/c1-6-8-11-22-50(41(3)7-2)58-39-51(44-18-12-9-13-19-44)53-37-46(28-34-55(53)62-58)42-24-30-48(31-25-42)60(4,5)49-32-26-43(27-33-49)47-29-35-56-54(38-47)52(45-20-14-10-15-21-45)40-59(63-56)57-23-16-17-36-61-57/h6,8-40H,7H2,1-5H3/b8-6-,22-11-,50-41-. The van der Waals surface area contributed by atoms with Crippen LogP contribution in [0.15, 0.2) is 212 Å². The van der Waals surface area contributed by atoms with E-state index in [0.29, 0.717) is 0 Å². The molecule has 3 heterocycles. The Morgan fingerprint density at radius 3 is 1.56 bits per heavy atom. The van der Waals surface area contributed by atoms with E-state index in [1.165, 1.54) is 50.1 Å². The first-order valence-corrected chi connectivity index (χ1v) is 21.9. The molecule has 0 bridgehead atoms. The Morgan fingerprint density at radius 2 is 1.03 bits per heavy atom. The molecule has 0 spiro atoms. The van der Waals surface area contributed by atoms with E-state index in [1.807, 2.05) is 31.3 Å². The Balaban J connectivity index is 1.01. The van der Waals surface area contributed by atoms with Gasteiger partial charge in [-0.15, -0.1) is 0 Å². The summed E-state index contributed by atoms with van der Waals surface area (Å²) in [6.07, 6.45) is 11.2. The zero-order chi connectivity index (χ0) is 43.3. The Hall–Kier alpha value is -7.49. The molecule has 0 saturated carbocycles. The van der Waals surface area contributed by atoms with Gasteiger partial charge in [-0.05, 0) is 130 Å². The van der Waals surface area contributed by atoms with Crippen molar-refractivity contribution in [1.29, 1.82) is 0 Å². The van der Waals surface area contributed by atoms with Crippen molar-refractivity contribution < 1.29 is 0 Å². The van der Waals surface area contributed by atoms with E-state index in [9.17, 15) is 0 Å². The summed E-state index contributed by atoms with van der Waals surface area (Å²) in [7, 11) is 0. The minimum atomic E-state index is -0.208. The zero-order valence-electron chi connectivity index (χ0n) is 36.7. The summed E-state index contributed by atoms with van der Waals surface area (Å²) in [6.45, 7) is 11.1. The SMILES string of the molecule is C\C=C/C=C\C(=C(/C)CC)c1cc(-c2ccccc2)c2cc(-c3ccc(C(C)(C)c4ccc(-c5ccc6nc(-c7ccccn7)cc(-c7ccccc7)c6c5)cc4)cc3)ccc2n1. The molecular formula is C60H51N3. The molecule has 0 aliphatic rings. The van der Waals surface area contributed by atoms with Gasteiger partial charge in [0, 0.05) is 22.4 Å². The fourth-order valence-electron chi connectivity index (χ4n) is 8.53. The average Bonchev–Trinajstić information content (AvgIpc) is 3.35. The Labute approximate surface area is 371 Å². The molecule has 6 aromatic carbocycles. The maximum Gasteiger partial charge on any atom is 0.0900 e. The molecule has 0 N–H and O–H groups in total. The predicted molar refractivity (Wildman–Crippen MR) is 267 cm³/mol. The molecule has 0 unspecified atom stereocenters. The molecule has 0 atom stereocenters. The van der Waals surface area contributed by atoms with E-state index in [1.54, 1.807) is 0 Å². The van der Waals surface area contributed by atoms with Crippen molar-refractivity contribution in [2.24, 2.45) is 0 Å². The number of hydrogen-bond donors (Lipinski definition) is 0. The summed E-state index contributed by atoms with van der Waals surface area (Å²) in [5.41, 5.74) is 18.8. The fourth-order valence-corrected chi connectivity index (χ4v) is 8.53. The third-order valence-electron chi connectivity index (χ3n) is 12.4. The summed E-state index contributed by atoms with van der Waals surface area (Å²) in [5.74, 6) is 0. The highest BCUT2D eigenvalue weighted by Crippen LogP contribution is 2.39. The van der Waals surface area contributed by atoms with Crippen LogP contribution < -0.4 is 0 Å². The lowest BCUT2D eigenvalue weighted by Crippen LogP contribution is -2.18. The van der Waals surface area contributed by atoms with Crippen molar-refractivity contribution in [2.45, 2.75) is 46.5 Å². The van der Waals surface area contributed by atoms with E-state index in [0.717, 1.165) is 62.0 Å². The molecular weight excluding hydrogens is 763 g/mol. The van der Waals surface area contributed by atoms with Gasteiger partial charge in [0.1, 0.15) is 0 Å². The van der Waals surface area contributed by atoms with Gasteiger partial charge >= 0.3 is 0 Å². The smallest absolute Gasteiger partial charge is 0.0900 e. The van der Waals surface area contributed by atoms with E-state index in [4.69, 9.17) is 9.97 Å². The summed E-state index contributed by atoms with van der Waals surface area (Å²) < 4.78 is 0. The maximum absolute atomic E-state index is 5.25. The van der Waals surface area contributed by atoms with Crippen LogP contribution in [0.3, 0.4) is 0 Å². The van der Waals surface area contributed by atoms with Crippen LogP contribution in [-0.2, 0) is 5.41 Å². The van der Waals surface area contributed by atoms with Gasteiger partial charge in [-0.2, -0.15) is 0 Å². The molecule has 63 heavy (non-hydrogen) atoms. The quantitative estimate of drug-likeness (QED) is 0.122. The molecule has 3 aromatic heterocycles. The third kappa shape index (κ3) is 8.43. The van der Waals surface area contributed by atoms with Crippen LogP contribution in [0.4, 0.5) is 0 Å². The number of rotatable bonds is 11. The van der Waals surface area contributed by atoms with Crippen LogP contribution in [-0.4, -0.2) is 15.0 Å². The zero-order valence-corrected chi connectivity index (χ0v) is 36.7. The number of nitrogens with zero attached hydrogens (tertiary/aromatic N) is 3. The van der Waals surface area contributed by atoms with Gasteiger partial charge in [0.05, 0.1) is 28.1 Å². The van der Waals surface area contributed by atoms with Gasteiger partial charge in [0.25, 0.3) is 0 Å². The topological polar surface area (TPSA) is 38.7 Å². The lowest BCUT2D eigenvalue weighted by atomic mass is 9.77. The highest BCUT2D eigenvalue weighted by atomic mass is 14.8. The first kappa shape index (κ1) is 40.9. The van der Waals surface area contributed by atoms with Crippen molar-refractivity contribution in [1.82, 2.24) is 15.0 Å². The van der Waals surface area contributed by atoms with Crippen molar-refractivity contribution >= 4 is 27.4 Å². The first-order valence-electron chi connectivity index (χ1n) is 21.9. The molecule has 0 fully saturated rings. The normalized spacial score (nSPS) is 12.4. The molecule has 3 nitrogen and oxygen atoms in total. The van der Waals surface area contributed by atoms with E-state index in [-0.39, 0.29) is 5.41 Å². The first-order chi connectivity index (χ1) is 30.8. The Kier molecular flexibility index (Phi) is 11.6. The number of pyridine rings is 3. The van der Waals surface area contributed by atoms with Crippen LogP contribution in [0.1, 0.15) is 57.9 Å². The predicted octanol–water partition coefficient (Wildman–Crippen LogP) is 16.2. The molecule has 0 amide bonds. The Bertz CT molecular complexity index is 3140. The van der Waals surface area contributed by atoms with Crippen LogP contribution in [0.5, 0.6) is 0 Å². The number of fused-ring (bicyclic) bond motifs is 2. The third-order valence-corrected chi connectivity index (χ3v) is 12.4. The van der Waals surface area contributed by atoms with Crippen molar-refractivity contribution in [2.75, 3.05) is 0 Å². The van der Waals surface area contributed by atoms with Gasteiger partial charge in [0.2, 0.25) is 0 Å². The highest BCUT2D eigenvalue weighted by molar-refractivity contribution is 6.00. The van der Waals surface area contributed by atoms with Crippen LogP contribution in [0.25, 0.3) is 83.3 Å². The second-order valence-corrected chi connectivity index (χ2v) is 16.7. The van der Waals surface area contributed by atoms with Gasteiger partial charge in [-0.3, -0.25) is 4.98 Å². The molecule has 0 aliphatic heterocycles. The monoisotopic (exact) mass is 813 g/mol. The van der Waals surface area contributed by atoms with E-state index < -0.39 is 0 Å². The second-order valence-electron chi connectivity index (χ2n) is 16.7. The number of aromatic nitrogens is 3. The van der Waals surface area contributed by atoms with Gasteiger partial charge in [0.15, 0.2) is 0 Å². The van der Waals surface area contributed by atoms with Gasteiger partial charge in [-0.1, -0.05) is 178 Å². The summed E-state index contributed by atoms with van der Waals surface area (Å²) in [4.78, 5) is 14.9. The second kappa shape index (κ2) is 17.8. The number of benzene rings is 6. The minimum Gasteiger partial charge on any atom is -0.255 e. The maximum atomic E-state index is 5.25. The molecule has 9 aromatic rings. The molecule has 9 rings (SSSR count). The summed E-state index contributed by atoms with van der Waals surface area (Å²) in [6, 6.07) is 63.1. The summed E-state index contributed by atoms with van der Waals surface area (Å²) >= 11 is 0. The molecule has 0 radical (unpaired) electrons. The number of allylic oxidation sites excluding steroid dienone is 6. The lowest BCUT2D eigenvalue weighted by molar-refractivity contribution is 0.641. The summed E-state index contributed by atoms with van der Waals surface area (Å²) in [5, 5.41) is 2.26. The van der Waals surface area contributed by atoms with Crippen LogP contribution >= 0.6 is 0 Å². The van der Waals surface area contributed by atoms with Crippen LogP contribution in [0.2, 0.25) is 0 Å². The lowest BCUT2D eigenvalue weighted by Gasteiger charge is -2.26.